The van der Waals surface area contributed by atoms with Crippen LogP contribution in [0, 0.1) is 22.7 Å². The molecule has 0 bridgehead atoms. The number of rotatable bonds is 25. The van der Waals surface area contributed by atoms with Crippen LogP contribution in [0.5, 0.6) is 23.0 Å². The van der Waals surface area contributed by atoms with E-state index in [1.54, 1.807) is 25.0 Å². The van der Waals surface area contributed by atoms with Crippen molar-refractivity contribution in [3.05, 3.63) is 72.3 Å². The van der Waals surface area contributed by atoms with Gasteiger partial charge in [0.25, 0.3) is 0 Å². The number of ether oxygens (including phenoxy) is 7. The van der Waals surface area contributed by atoms with Gasteiger partial charge in [0.05, 0.1) is 47.6 Å². The maximum Gasteiger partial charge on any atom is 0.407 e. The van der Waals surface area contributed by atoms with Gasteiger partial charge in [0, 0.05) is 44.9 Å². The van der Waals surface area contributed by atoms with Gasteiger partial charge in [0.2, 0.25) is 39.5 Å². The highest BCUT2D eigenvalue weighted by Gasteiger charge is 2.44. The first-order valence-corrected chi connectivity index (χ1v) is 27.9. The van der Waals surface area contributed by atoms with Crippen molar-refractivity contribution in [3.8, 4) is 23.0 Å². The Balaban J connectivity index is 0.000000255. The number of sulfonamides is 2. The highest BCUT2D eigenvalue weighted by atomic mass is 32.2. The van der Waals surface area contributed by atoms with E-state index in [-0.39, 0.29) is 85.5 Å². The predicted octanol–water partition coefficient (Wildman–Crippen LogP) is 3.54. The lowest BCUT2D eigenvalue weighted by atomic mass is 9.88. The summed E-state index contributed by atoms with van der Waals surface area (Å²) in [7, 11) is -8.60. The summed E-state index contributed by atoms with van der Waals surface area (Å²) in [5, 5.41) is 29.0. The molecular weight excluding hydrogens is 1000 g/mol. The lowest BCUT2D eigenvalue weighted by molar-refractivity contribution is -0.120. The lowest BCUT2D eigenvalue weighted by Crippen LogP contribution is -2.52. The van der Waals surface area contributed by atoms with Crippen molar-refractivity contribution in [3.63, 3.8) is 0 Å². The predicted molar refractivity (Wildman–Crippen MR) is 275 cm³/mol. The zero-order chi connectivity index (χ0) is 53.8. The quantitative estimate of drug-likeness (QED) is 0.0662. The fourth-order valence-corrected chi connectivity index (χ4v) is 12.5. The zero-order valence-electron chi connectivity index (χ0n) is 43.5. The van der Waals surface area contributed by atoms with E-state index in [4.69, 9.17) is 38.9 Å². The third kappa shape index (κ3) is 16.4. The molecule has 21 nitrogen and oxygen atoms in total. The van der Waals surface area contributed by atoms with Gasteiger partial charge in [-0.2, -0.15) is 8.61 Å². The second kappa shape index (κ2) is 25.9. The minimum absolute atomic E-state index is 0.00838. The standard InChI is InChI=1S/C30H41N3O9S.C20H34BN3O6S/c1-30(2,11-12-31)18-33(43(36,37)21-8-9-25-26(15-21)41-19-40-25)16-24(34)23(14-20-6-4-3-5-7-20)32-29(35)42-27-17-39-28-22(27)10-13-38-28;1-15(2)12-24(13-20(3,4)8-9-22-19(25)11-23-21(5)26)31(27,28)16-6-7-17-18(10-16)30-14-29-17/h3-9,15,22-24,27-28,34H,10-14,16-19,31H2,1-2H3,(H,32,35);6-7,10,15,23,26H,8-9,11-14H2,1-5H3,(H,22,25)/t22?,23-,24?,27?,28?;/m0./s1. The van der Waals surface area contributed by atoms with Crippen molar-refractivity contribution in [1.82, 2.24) is 24.5 Å². The Hall–Kier alpha value is -4.76. The summed E-state index contributed by atoms with van der Waals surface area (Å²) in [5.74, 6) is 1.64. The molecule has 24 heteroatoms. The molecule has 3 aromatic rings. The van der Waals surface area contributed by atoms with Gasteiger partial charge >= 0.3 is 13.1 Å². The number of nitrogens with zero attached hydrogens (tertiary/aromatic N) is 2. The highest BCUT2D eigenvalue weighted by Crippen LogP contribution is 2.38. The van der Waals surface area contributed by atoms with Crippen molar-refractivity contribution >= 4 is 39.1 Å². The summed E-state index contributed by atoms with van der Waals surface area (Å²) >= 11 is 0. The van der Waals surface area contributed by atoms with E-state index in [9.17, 15) is 36.6 Å². The van der Waals surface area contributed by atoms with E-state index in [1.807, 2.05) is 71.9 Å². The third-order valence-electron chi connectivity index (χ3n) is 12.9. The molecule has 2 saturated heterocycles. The number of hydrogen-bond donors (Lipinski definition) is 6. The largest absolute Gasteiger partial charge is 0.454 e. The van der Waals surface area contributed by atoms with Gasteiger partial charge in [-0.1, -0.05) is 71.9 Å². The Morgan fingerprint density at radius 2 is 1.39 bits per heavy atom. The first-order chi connectivity index (χ1) is 35.0. The second-order valence-corrected chi connectivity index (χ2v) is 24.9. The molecule has 74 heavy (non-hydrogen) atoms. The molecule has 4 aliphatic heterocycles. The van der Waals surface area contributed by atoms with E-state index in [0.717, 1.165) is 12.0 Å². The molecule has 2 fully saturated rings. The number of nitrogens with two attached hydrogens (primary N) is 1. The summed E-state index contributed by atoms with van der Waals surface area (Å²) in [4.78, 5) is 25.1. The number of hydrogen-bond acceptors (Lipinski definition) is 17. The second-order valence-electron chi connectivity index (χ2n) is 21.0. The maximum atomic E-state index is 14.0. The molecule has 0 aliphatic carbocycles. The fourth-order valence-electron chi connectivity index (χ4n) is 8.98. The number of benzene rings is 3. The molecule has 4 heterocycles. The molecule has 0 aromatic heterocycles. The number of nitrogens with one attached hydrogen (secondary N) is 3. The molecule has 3 aromatic carbocycles. The summed E-state index contributed by atoms with van der Waals surface area (Å²) in [6.07, 6.45) is -0.719. The van der Waals surface area contributed by atoms with Crippen LogP contribution in [0.25, 0.3) is 0 Å². The summed E-state index contributed by atoms with van der Waals surface area (Å²) in [6, 6.07) is 17.6. The van der Waals surface area contributed by atoms with Crippen molar-refractivity contribution in [2.24, 2.45) is 28.4 Å². The number of alkyl carbamates (subject to hydrolysis) is 1. The van der Waals surface area contributed by atoms with E-state index in [1.165, 1.54) is 26.8 Å². The number of aliphatic hydroxyl groups is 1. The van der Waals surface area contributed by atoms with Crippen LogP contribution in [-0.2, 0) is 45.5 Å². The Kier molecular flexibility index (Phi) is 20.4. The van der Waals surface area contributed by atoms with Crippen LogP contribution in [-0.4, -0.2) is 152 Å². The van der Waals surface area contributed by atoms with Gasteiger partial charge < -0.3 is 64.9 Å². The van der Waals surface area contributed by atoms with Crippen LogP contribution in [0.2, 0.25) is 6.82 Å². The fraction of sp³-hybridized carbons (Fsp3) is 0.600. The van der Waals surface area contributed by atoms with Gasteiger partial charge in [-0.25, -0.2) is 21.6 Å². The summed E-state index contributed by atoms with van der Waals surface area (Å²) in [6.45, 7) is 15.5. The minimum Gasteiger partial charge on any atom is -0.454 e. The van der Waals surface area contributed by atoms with E-state index in [0.29, 0.717) is 68.6 Å². The molecule has 7 rings (SSSR count). The molecule has 4 unspecified atom stereocenters. The van der Waals surface area contributed by atoms with Crippen LogP contribution in [0.4, 0.5) is 4.79 Å². The Labute approximate surface area is 436 Å². The van der Waals surface area contributed by atoms with Crippen LogP contribution in [0.15, 0.2) is 76.5 Å². The monoisotopic (exact) mass is 1070 g/mol. The number of aliphatic hydroxyl groups excluding tert-OH is 1. The van der Waals surface area contributed by atoms with Gasteiger partial charge in [-0.3, -0.25) is 4.79 Å². The first kappa shape index (κ1) is 58.5. The molecule has 0 spiro atoms. The van der Waals surface area contributed by atoms with E-state index >= 15 is 0 Å². The number of fused-ring (bicyclic) bond motifs is 3. The van der Waals surface area contributed by atoms with E-state index < -0.39 is 56.9 Å². The Bertz CT molecular complexity index is 2560. The van der Waals surface area contributed by atoms with Gasteiger partial charge in [-0.05, 0) is 85.6 Å². The number of amides is 2. The normalized spacial score (nSPS) is 19.0. The highest BCUT2D eigenvalue weighted by molar-refractivity contribution is 7.89. The maximum absolute atomic E-state index is 14.0. The van der Waals surface area contributed by atoms with Gasteiger partial charge in [0.1, 0.15) is 6.10 Å². The Morgan fingerprint density at radius 3 is 1.96 bits per heavy atom. The van der Waals surface area contributed by atoms with Crippen molar-refractivity contribution in [2.45, 2.75) is 108 Å². The number of carbonyl (C=O) groups excluding carboxylic acids is 2. The van der Waals surface area contributed by atoms with Crippen molar-refractivity contribution < 1.29 is 69.7 Å². The van der Waals surface area contributed by atoms with Gasteiger partial charge in [-0.15, -0.1) is 0 Å². The molecular formula is C50H75BN6O15S2. The average molecular weight is 1080 g/mol. The molecule has 410 valence electrons. The number of carbonyl (C=O) groups is 2. The third-order valence-corrected chi connectivity index (χ3v) is 16.6. The molecule has 0 saturated carbocycles. The Morgan fingerprint density at radius 1 is 0.824 bits per heavy atom. The lowest BCUT2D eigenvalue weighted by Gasteiger charge is -2.35. The van der Waals surface area contributed by atoms with Crippen molar-refractivity contribution in [2.75, 3.05) is 72.6 Å². The van der Waals surface area contributed by atoms with Crippen LogP contribution < -0.4 is 40.5 Å². The van der Waals surface area contributed by atoms with Gasteiger partial charge in [0.15, 0.2) is 29.3 Å². The summed E-state index contributed by atoms with van der Waals surface area (Å²) < 4.78 is 95.8. The minimum atomic E-state index is -4.11. The van der Waals surface area contributed by atoms with Crippen molar-refractivity contribution in [1.29, 1.82) is 0 Å². The molecule has 0 radical (unpaired) electrons. The first-order valence-electron chi connectivity index (χ1n) is 25.1. The summed E-state index contributed by atoms with van der Waals surface area (Å²) in [5.41, 5.74) is 5.82. The zero-order valence-corrected chi connectivity index (χ0v) is 45.1. The molecule has 2 amide bonds. The molecule has 7 N–H and O–H groups in total. The average Bonchev–Trinajstić information content (AvgIpc) is 4.17. The van der Waals surface area contributed by atoms with E-state index in [2.05, 4.69) is 15.9 Å². The SMILES string of the molecule is CB(O)NCC(=O)NCCC(C)(C)CN(CC(C)C)S(=O)(=O)c1ccc2c(c1)OCO2.CC(C)(CCN)CN(CC(O)[C@H](Cc1ccccc1)NC(=O)OC1COC2OCCC12)S(=O)(=O)c1ccc2c(c1)OCO2. The topological polar surface area (TPSA) is 276 Å². The molecule has 5 atom stereocenters. The van der Waals surface area contributed by atoms with Crippen LogP contribution in [0.1, 0.15) is 66.4 Å². The van der Waals surface area contributed by atoms with Crippen LogP contribution >= 0.6 is 0 Å². The van der Waals surface area contributed by atoms with Crippen LogP contribution in [0.3, 0.4) is 0 Å². The smallest absolute Gasteiger partial charge is 0.407 e. The molecule has 4 aliphatic rings.